The predicted octanol–water partition coefficient (Wildman–Crippen LogP) is 3.88. The van der Waals surface area contributed by atoms with Gasteiger partial charge in [0.2, 0.25) is 0 Å². The lowest BCUT2D eigenvalue weighted by molar-refractivity contribution is 0.0939. The van der Waals surface area contributed by atoms with Crippen LogP contribution in [-0.2, 0) is 10.0 Å². The number of nitrogens with zero attached hydrogens (tertiary/aromatic N) is 3. The molecule has 9 nitrogen and oxygen atoms in total. The predicted molar refractivity (Wildman–Crippen MR) is 132 cm³/mol. The Morgan fingerprint density at radius 3 is 2.37 bits per heavy atom. The number of aromatic nitrogens is 3. The number of hydrogen-bond acceptors (Lipinski definition) is 6. The number of sulfonamides is 1. The Hall–Kier alpha value is -4.18. The van der Waals surface area contributed by atoms with Crippen LogP contribution in [0.3, 0.4) is 0 Å². The van der Waals surface area contributed by atoms with Crippen molar-refractivity contribution in [1.29, 1.82) is 0 Å². The Morgan fingerprint density at radius 1 is 1.03 bits per heavy atom. The fourth-order valence-corrected chi connectivity index (χ4v) is 4.59. The van der Waals surface area contributed by atoms with E-state index in [1.807, 2.05) is 31.2 Å². The molecule has 1 amide bonds. The number of amides is 1. The summed E-state index contributed by atoms with van der Waals surface area (Å²) in [6.07, 6.45) is 3.06. The third kappa shape index (κ3) is 5.49. The summed E-state index contributed by atoms with van der Waals surface area (Å²) in [7, 11) is -2.36. The van der Waals surface area contributed by atoms with E-state index in [9.17, 15) is 13.2 Å². The lowest BCUT2D eigenvalue weighted by Crippen LogP contribution is -2.27. The van der Waals surface area contributed by atoms with Crippen molar-refractivity contribution in [3.63, 3.8) is 0 Å². The number of carbonyl (C=O) groups excluding carboxylic acids is 1. The van der Waals surface area contributed by atoms with Crippen molar-refractivity contribution in [2.24, 2.45) is 0 Å². The smallest absolute Gasteiger partial charge is 0.261 e. The van der Waals surface area contributed by atoms with Crippen molar-refractivity contribution in [1.82, 2.24) is 20.1 Å². The van der Waals surface area contributed by atoms with Crippen LogP contribution in [0.4, 0.5) is 5.69 Å². The van der Waals surface area contributed by atoms with Gasteiger partial charge in [-0.25, -0.2) is 18.1 Å². The Balaban J connectivity index is 1.49. The number of rotatable bonds is 8. The number of carbonyl (C=O) groups is 1. The van der Waals surface area contributed by atoms with Crippen molar-refractivity contribution < 1.29 is 17.9 Å². The first-order valence-electron chi connectivity index (χ1n) is 10.8. The van der Waals surface area contributed by atoms with Gasteiger partial charge >= 0.3 is 0 Å². The quantitative estimate of drug-likeness (QED) is 0.387. The highest BCUT2D eigenvalue weighted by atomic mass is 32.2. The first kappa shape index (κ1) is 24.0. The van der Waals surface area contributed by atoms with Gasteiger partial charge in [0.25, 0.3) is 15.9 Å². The molecule has 2 N–H and O–H groups in total. The van der Waals surface area contributed by atoms with Crippen LogP contribution in [0.5, 0.6) is 5.75 Å². The van der Waals surface area contributed by atoms with Crippen LogP contribution in [0.2, 0.25) is 0 Å². The summed E-state index contributed by atoms with van der Waals surface area (Å²) in [5.41, 5.74) is 3.08. The van der Waals surface area contributed by atoms with E-state index >= 15 is 0 Å². The fourth-order valence-electron chi connectivity index (χ4n) is 3.50. The summed E-state index contributed by atoms with van der Waals surface area (Å²) >= 11 is 0. The van der Waals surface area contributed by atoms with Crippen LogP contribution in [-0.4, -0.2) is 36.2 Å². The Bertz CT molecular complexity index is 1420. The molecule has 0 radical (unpaired) electrons. The summed E-state index contributed by atoms with van der Waals surface area (Å²) in [6, 6.07) is 18.3. The van der Waals surface area contributed by atoms with Gasteiger partial charge in [-0.05, 0) is 73.5 Å². The first-order valence-corrected chi connectivity index (χ1v) is 12.3. The van der Waals surface area contributed by atoms with Gasteiger partial charge in [0.05, 0.1) is 23.7 Å². The molecule has 1 heterocycles. The number of nitrogens with one attached hydrogen (secondary N) is 2. The molecule has 0 aliphatic carbocycles. The standard InChI is InChI=1S/C25H25N5O4S/c1-17-4-13-23(35(32,33)29-20-7-11-22(34-3)12-8-20)14-24(17)25(31)28-18(2)19-5-9-21(10-6-19)30-16-26-15-27-30/h4-16,18,29H,1-3H3,(H,28,31). The number of ether oxygens (including phenoxy) is 1. The second-order valence-corrected chi connectivity index (χ2v) is 9.62. The average molecular weight is 492 g/mol. The van der Waals surface area contributed by atoms with Crippen molar-refractivity contribution in [3.8, 4) is 11.4 Å². The number of benzene rings is 3. The van der Waals surface area contributed by atoms with E-state index in [1.165, 1.54) is 25.6 Å². The van der Waals surface area contributed by atoms with Crippen LogP contribution in [0.1, 0.15) is 34.5 Å². The van der Waals surface area contributed by atoms with Gasteiger partial charge in [0, 0.05) is 11.3 Å². The highest BCUT2D eigenvalue weighted by Gasteiger charge is 2.20. The molecule has 4 aromatic rings. The Labute approximate surface area is 203 Å². The third-order valence-corrected chi connectivity index (χ3v) is 6.91. The van der Waals surface area contributed by atoms with Gasteiger partial charge in [-0.1, -0.05) is 18.2 Å². The lowest BCUT2D eigenvalue weighted by Gasteiger charge is -2.17. The highest BCUT2D eigenvalue weighted by Crippen LogP contribution is 2.22. The molecule has 0 bridgehead atoms. The van der Waals surface area contributed by atoms with E-state index in [0.29, 0.717) is 17.0 Å². The van der Waals surface area contributed by atoms with Gasteiger partial charge in [-0.3, -0.25) is 9.52 Å². The van der Waals surface area contributed by atoms with Crippen LogP contribution in [0, 0.1) is 6.92 Å². The maximum Gasteiger partial charge on any atom is 0.261 e. The van der Waals surface area contributed by atoms with Gasteiger partial charge in [0.15, 0.2) is 0 Å². The molecule has 1 atom stereocenters. The molecule has 10 heteroatoms. The SMILES string of the molecule is COc1ccc(NS(=O)(=O)c2ccc(C)c(C(=O)NC(C)c3ccc(-n4cncn4)cc3)c2)cc1. The number of methoxy groups -OCH3 is 1. The van der Waals surface area contributed by atoms with Crippen LogP contribution in [0.15, 0.2) is 84.3 Å². The van der Waals surface area contributed by atoms with Crippen molar-refractivity contribution in [2.45, 2.75) is 24.8 Å². The lowest BCUT2D eigenvalue weighted by atomic mass is 10.1. The molecule has 0 fully saturated rings. The topological polar surface area (TPSA) is 115 Å². The zero-order valence-electron chi connectivity index (χ0n) is 19.5. The second kappa shape index (κ2) is 9.98. The highest BCUT2D eigenvalue weighted by molar-refractivity contribution is 7.92. The maximum absolute atomic E-state index is 13.0. The van der Waals surface area contributed by atoms with Crippen molar-refractivity contribution in [3.05, 3.63) is 96.1 Å². The average Bonchev–Trinajstić information content (AvgIpc) is 3.39. The molecular formula is C25H25N5O4S. The van der Waals surface area contributed by atoms with Crippen LogP contribution in [0.25, 0.3) is 5.69 Å². The summed E-state index contributed by atoms with van der Waals surface area (Å²) in [6.45, 7) is 3.63. The van der Waals surface area contributed by atoms with Gasteiger partial charge in [-0.2, -0.15) is 5.10 Å². The monoisotopic (exact) mass is 491 g/mol. The third-order valence-electron chi connectivity index (χ3n) is 5.53. The molecule has 1 unspecified atom stereocenters. The summed E-state index contributed by atoms with van der Waals surface area (Å²) in [5, 5.41) is 7.04. The van der Waals surface area contributed by atoms with E-state index in [-0.39, 0.29) is 22.4 Å². The van der Waals surface area contributed by atoms with E-state index in [4.69, 9.17) is 4.74 Å². The number of aryl methyl sites for hydroxylation is 1. The molecule has 0 saturated heterocycles. The van der Waals surface area contributed by atoms with E-state index in [0.717, 1.165) is 11.3 Å². The Morgan fingerprint density at radius 2 is 1.74 bits per heavy atom. The summed E-state index contributed by atoms with van der Waals surface area (Å²) in [5.74, 6) is 0.251. The summed E-state index contributed by atoms with van der Waals surface area (Å²) in [4.78, 5) is 17.0. The number of hydrogen-bond donors (Lipinski definition) is 2. The molecule has 0 aliphatic heterocycles. The normalized spacial score (nSPS) is 12.1. The molecular weight excluding hydrogens is 466 g/mol. The fraction of sp³-hybridized carbons (Fsp3) is 0.160. The first-order chi connectivity index (χ1) is 16.8. The molecule has 0 spiro atoms. The minimum Gasteiger partial charge on any atom is -0.497 e. The molecule has 4 rings (SSSR count). The van der Waals surface area contributed by atoms with Crippen molar-refractivity contribution in [2.75, 3.05) is 11.8 Å². The van der Waals surface area contributed by atoms with E-state index in [2.05, 4.69) is 20.1 Å². The maximum atomic E-state index is 13.0. The van der Waals surface area contributed by atoms with Gasteiger partial charge in [-0.15, -0.1) is 0 Å². The molecule has 0 saturated carbocycles. The minimum atomic E-state index is -3.90. The molecule has 3 aromatic carbocycles. The van der Waals surface area contributed by atoms with E-state index in [1.54, 1.807) is 48.3 Å². The van der Waals surface area contributed by atoms with Gasteiger partial charge in [0.1, 0.15) is 18.4 Å². The molecule has 0 aliphatic rings. The van der Waals surface area contributed by atoms with Crippen LogP contribution >= 0.6 is 0 Å². The largest absolute Gasteiger partial charge is 0.497 e. The van der Waals surface area contributed by atoms with Crippen molar-refractivity contribution >= 4 is 21.6 Å². The van der Waals surface area contributed by atoms with Crippen LogP contribution < -0.4 is 14.8 Å². The molecule has 180 valence electrons. The molecule has 35 heavy (non-hydrogen) atoms. The van der Waals surface area contributed by atoms with Gasteiger partial charge < -0.3 is 10.1 Å². The minimum absolute atomic E-state index is 0.00564. The summed E-state index contributed by atoms with van der Waals surface area (Å²) < 4.78 is 35.1. The van der Waals surface area contributed by atoms with E-state index < -0.39 is 10.0 Å². The molecule has 1 aromatic heterocycles. The zero-order chi connectivity index (χ0) is 25.0. The number of anilines is 1. The Kier molecular flexibility index (Phi) is 6.83. The zero-order valence-corrected chi connectivity index (χ0v) is 20.3. The second-order valence-electron chi connectivity index (χ2n) is 7.94.